The molecule has 0 atom stereocenters. The van der Waals surface area contributed by atoms with Gasteiger partial charge in [0.1, 0.15) is 5.52 Å². The van der Waals surface area contributed by atoms with Crippen molar-refractivity contribution in [1.29, 1.82) is 0 Å². The van der Waals surface area contributed by atoms with Crippen LogP contribution in [-0.4, -0.2) is 35.1 Å². The summed E-state index contributed by atoms with van der Waals surface area (Å²) in [5.74, 6) is 1.81. The van der Waals surface area contributed by atoms with Crippen molar-refractivity contribution < 1.29 is 14.3 Å². The second-order valence-electron chi connectivity index (χ2n) is 7.19. The maximum Gasteiger partial charge on any atom is 0.228 e. The first-order valence-electron chi connectivity index (χ1n) is 9.85. The van der Waals surface area contributed by atoms with Gasteiger partial charge in [-0.05, 0) is 43.2 Å². The number of benzene rings is 1. The molecule has 1 N–H and O–H groups in total. The van der Waals surface area contributed by atoms with Gasteiger partial charge in [-0.15, -0.1) is 0 Å². The highest BCUT2D eigenvalue weighted by Gasteiger charge is 2.21. The molecule has 2 aromatic heterocycles. The van der Waals surface area contributed by atoms with Gasteiger partial charge in [-0.3, -0.25) is 4.79 Å². The van der Waals surface area contributed by atoms with E-state index in [-0.39, 0.29) is 11.8 Å². The van der Waals surface area contributed by atoms with Crippen LogP contribution in [-0.2, 0) is 4.79 Å². The number of amides is 1. The number of pyridine rings is 1. The zero-order chi connectivity index (χ0) is 20.2. The van der Waals surface area contributed by atoms with Crippen molar-refractivity contribution in [1.82, 2.24) is 15.0 Å². The van der Waals surface area contributed by atoms with Crippen molar-refractivity contribution in [2.45, 2.75) is 32.1 Å². The van der Waals surface area contributed by atoms with E-state index < -0.39 is 0 Å². The average molecular weight is 392 g/mol. The van der Waals surface area contributed by atoms with Crippen LogP contribution in [0.25, 0.3) is 22.4 Å². The molecule has 2 heterocycles. The molecule has 1 aliphatic rings. The van der Waals surface area contributed by atoms with Gasteiger partial charge in [-0.1, -0.05) is 19.3 Å². The van der Waals surface area contributed by atoms with Crippen LogP contribution in [0.3, 0.4) is 0 Å². The lowest BCUT2D eigenvalue weighted by Gasteiger charge is -2.20. The Morgan fingerprint density at radius 2 is 1.79 bits per heavy atom. The number of rotatable bonds is 5. The Labute approximate surface area is 169 Å². The Bertz CT molecular complexity index is 1030. The summed E-state index contributed by atoms with van der Waals surface area (Å²) in [6.45, 7) is 0. The first-order chi connectivity index (χ1) is 14.2. The summed E-state index contributed by atoms with van der Waals surface area (Å²) in [5, 5.41) is 2.91. The third kappa shape index (κ3) is 4.13. The van der Waals surface area contributed by atoms with E-state index in [1.807, 2.05) is 30.3 Å². The van der Waals surface area contributed by atoms with Gasteiger partial charge in [0.2, 0.25) is 5.91 Å². The fourth-order valence-corrected chi connectivity index (χ4v) is 3.71. The number of carbonyl (C=O) groups excluding carboxylic acids is 1. The number of methoxy groups -OCH3 is 2. The van der Waals surface area contributed by atoms with Gasteiger partial charge in [0.05, 0.1) is 26.1 Å². The van der Waals surface area contributed by atoms with Crippen LogP contribution < -0.4 is 14.8 Å². The van der Waals surface area contributed by atoms with Crippen LogP contribution in [0.15, 0.2) is 36.5 Å². The van der Waals surface area contributed by atoms with E-state index in [0.29, 0.717) is 28.5 Å². The lowest BCUT2D eigenvalue weighted by atomic mass is 9.89. The Morgan fingerprint density at radius 3 is 2.55 bits per heavy atom. The highest BCUT2D eigenvalue weighted by Crippen LogP contribution is 2.32. The zero-order valence-electron chi connectivity index (χ0n) is 16.6. The predicted octanol–water partition coefficient (Wildman–Crippen LogP) is 4.23. The molecule has 0 bridgehead atoms. The molecule has 7 nitrogen and oxygen atoms in total. The molecule has 150 valence electrons. The van der Waals surface area contributed by atoms with Gasteiger partial charge in [-0.2, -0.15) is 0 Å². The van der Waals surface area contributed by atoms with E-state index in [1.54, 1.807) is 20.4 Å². The van der Waals surface area contributed by atoms with E-state index >= 15 is 0 Å². The van der Waals surface area contributed by atoms with Gasteiger partial charge in [-0.25, -0.2) is 15.0 Å². The molecule has 1 fully saturated rings. The second-order valence-corrected chi connectivity index (χ2v) is 7.19. The van der Waals surface area contributed by atoms with E-state index in [4.69, 9.17) is 9.47 Å². The molecule has 0 spiro atoms. The standard InChI is InChI=1S/C22H24N4O3/c1-28-18-11-8-15(12-19(18)29-2)16-9-10-17-21(24-16)25-20(13-23-17)26-22(27)14-6-4-3-5-7-14/h8-14H,3-7H2,1-2H3,(H,24,25,26,27). The molecule has 1 saturated carbocycles. The molecule has 3 aromatic rings. The van der Waals surface area contributed by atoms with Crippen LogP contribution in [0.4, 0.5) is 5.82 Å². The first-order valence-corrected chi connectivity index (χ1v) is 9.85. The molecule has 29 heavy (non-hydrogen) atoms. The maximum absolute atomic E-state index is 12.5. The highest BCUT2D eigenvalue weighted by atomic mass is 16.5. The predicted molar refractivity (Wildman–Crippen MR) is 111 cm³/mol. The van der Waals surface area contributed by atoms with E-state index in [9.17, 15) is 4.79 Å². The molecule has 0 aliphatic heterocycles. The fourth-order valence-electron chi connectivity index (χ4n) is 3.71. The lowest BCUT2D eigenvalue weighted by Crippen LogP contribution is -2.25. The average Bonchev–Trinajstić information content (AvgIpc) is 2.78. The zero-order valence-corrected chi connectivity index (χ0v) is 16.6. The second kappa shape index (κ2) is 8.43. The lowest BCUT2D eigenvalue weighted by molar-refractivity contribution is -0.120. The number of carbonyl (C=O) groups is 1. The molecule has 0 radical (unpaired) electrons. The topological polar surface area (TPSA) is 86.2 Å². The quantitative estimate of drug-likeness (QED) is 0.699. The van der Waals surface area contributed by atoms with Crippen molar-refractivity contribution in [3.63, 3.8) is 0 Å². The maximum atomic E-state index is 12.5. The summed E-state index contributed by atoms with van der Waals surface area (Å²) >= 11 is 0. The van der Waals surface area contributed by atoms with Crippen LogP contribution in [0.2, 0.25) is 0 Å². The van der Waals surface area contributed by atoms with E-state index in [1.165, 1.54) is 6.42 Å². The minimum absolute atomic E-state index is 0.0226. The number of fused-ring (bicyclic) bond motifs is 1. The first kappa shape index (κ1) is 19.1. The third-order valence-electron chi connectivity index (χ3n) is 5.31. The number of anilines is 1. The van der Waals surface area contributed by atoms with Crippen molar-refractivity contribution in [2.24, 2.45) is 5.92 Å². The van der Waals surface area contributed by atoms with Gasteiger partial charge in [0, 0.05) is 11.5 Å². The number of nitrogens with zero attached hydrogens (tertiary/aromatic N) is 3. The summed E-state index contributed by atoms with van der Waals surface area (Å²) in [4.78, 5) is 26.0. The Balaban J connectivity index is 1.60. The van der Waals surface area contributed by atoms with Gasteiger partial charge >= 0.3 is 0 Å². The number of hydrogen-bond donors (Lipinski definition) is 1. The molecule has 4 rings (SSSR count). The fraction of sp³-hybridized carbons (Fsp3) is 0.364. The number of ether oxygens (including phenoxy) is 2. The number of nitrogens with one attached hydrogen (secondary N) is 1. The summed E-state index contributed by atoms with van der Waals surface area (Å²) in [6.07, 6.45) is 6.89. The van der Waals surface area contributed by atoms with Crippen LogP contribution in [0.5, 0.6) is 11.5 Å². The minimum Gasteiger partial charge on any atom is -0.493 e. The van der Waals surface area contributed by atoms with Crippen molar-refractivity contribution in [3.8, 4) is 22.8 Å². The minimum atomic E-state index is 0.0226. The van der Waals surface area contributed by atoms with E-state index in [0.717, 1.165) is 36.9 Å². The van der Waals surface area contributed by atoms with Crippen LogP contribution in [0.1, 0.15) is 32.1 Å². The summed E-state index contributed by atoms with van der Waals surface area (Å²) in [7, 11) is 3.20. The molecule has 7 heteroatoms. The summed E-state index contributed by atoms with van der Waals surface area (Å²) < 4.78 is 10.7. The normalized spacial score (nSPS) is 14.6. The Morgan fingerprint density at radius 1 is 1.00 bits per heavy atom. The largest absolute Gasteiger partial charge is 0.493 e. The molecule has 1 aliphatic carbocycles. The van der Waals surface area contributed by atoms with Crippen molar-refractivity contribution in [3.05, 3.63) is 36.5 Å². The summed E-state index contributed by atoms with van der Waals surface area (Å²) in [6, 6.07) is 9.38. The Hall–Kier alpha value is -3.22. The van der Waals surface area contributed by atoms with Crippen molar-refractivity contribution in [2.75, 3.05) is 19.5 Å². The van der Waals surface area contributed by atoms with Gasteiger partial charge in [0.15, 0.2) is 23.0 Å². The molecular formula is C22H24N4O3. The monoisotopic (exact) mass is 392 g/mol. The third-order valence-corrected chi connectivity index (χ3v) is 5.31. The Kier molecular flexibility index (Phi) is 5.55. The number of hydrogen-bond acceptors (Lipinski definition) is 6. The van der Waals surface area contributed by atoms with Crippen LogP contribution in [0, 0.1) is 5.92 Å². The molecule has 1 aromatic carbocycles. The summed E-state index contributed by atoms with van der Waals surface area (Å²) in [5.41, 5.74) is 2.77. The molecular weight excluding hydrogens is 368 g/mol. The molecule has 0 saturated heterocycles. The van der Waals surface area contributed by atoms with Gasteiger partial charge < -0.3 is 14.8 Å². The van der Waals surface area contributed by atoms with Gasteiger partial charge in [0.25, 0.3) is 0 Å². The molecule has 0 unspecified atom stereocenters. The smallest absolute Gasteiger partial charge is 0.228 e. The van der Waals surface area contributed by atoms with E-state index in [2.05, 4.69) is 20.3 Å². The highest BCUT2D eigenvalue weighted by molar-refractivity contribution is 5.92. The number of aromatic nitrogens is 3. The SMILES string of the molecule is COc1ccc(-c2ccc3ncc(NC(=O)C4CCCCC4)nc3n2)cc1OC. The van der Waals surface area contributed by atoms with Crippen molar-refractivity contribution >= 4 is 22.9 Å². The molecule has 1 amide bonds. The van der Waals surface area contributed by atoms with Crippen LogP contribution >= 0.6 is 0 Å².